The van der Waals surface area contributed by atoms with E-state index in [9.17, 15) is 18.3 Å². The van der Waals surface area contributed by atoms with Crippen molar-refractivity contribution in [2.45, 2.75) is 139 Å². The second-order valence-corrected chi connectivity index (χ2v) is 16.9. The molecule has 3 heterocycles. The summed E-state index contributed by atoms with van der Waals surface area (Å²) >= 11 is 0. The molecule has 0 aromatic heterocycles. The summed E-state index contributed by atoms with van der Waals surface area (Å²) in [6, 6.07) is 6.81. The molecule has 4 saturated carbocycles. The number of hydrogen-bond acceptors (Lipinski definition) is 8. The van der Waals surface area contributed by atoms with Crippen molar-refractivity contribution in [3.63, 3.8) is 0 Å². The predicted molar refractivity (Wildman–Crippen MR) is 199 cm³/mol. The maximum atomic E-state index is 14.7. The zero-order valence-electron chi connectivity index (χ0n) is 32.5. The molecular formula is C44H59F3O8. The molecule has 304 valence electrons. The van der Waals surface area contributed by atoms with E-state index >= 15 is 0 Å². The van der Waals surface area contributed by atoms with E-state index in [0.717, 1.165) is 89.4 Å². The monoisotopic (exact) mass is 772 g/mol. The molecule has 3 aliphatic heterocycles. The molecular weight excluding hydrogens is 713 g/mol. The van der Waals surface area contributed by atoms with Crippen molar-refractivity contribution in [3.8, 4) is 17.2 Å². The molecule has 3 unspecified atom stereocenters. The van der Waals surface area contributed by atoms with Gasteiger partial charge in [0.15, 0.2) is 34.6 Å². The van der Waals surface area contributed by atoms with Gasteiger partial charge in [-0.1, -0.05) is 12.1 Å². The molecule has 0 bridgehead atoms. The summed E-state index contributed by atoms with van der Waals surface area (Å²) in [5.41, 5.74) is 1.30. The van der Waals surface area contributed by atoms with Gasteiger partial charge < -0.3 is 38.3 Å². The lowest BCUT2D eigenvalue weighted by molar-refractivity contribution is -0.186. The molecule has 2 spiro atoms. The van der Waals surface area contributed by atoms with Gasteiger partial charge in [0.25, 0.3) is 0 Å². The average Bonchev–Trinajstić information content (AvgIpc) is 3.95. The maximum Gasteiger partial charge on any atom is 0.207 e. The number of benzene rings is 2. The standard InChI is InChI=1S/C22H30F2O4.C22H29FO4/c1-2-26-19-6-5-17(20(23)21(19)24)16-4-3-15(13-18(16)25)14-7-9-22(10-8-14)27-11-12-28-22;1-2-24-18-6-5-17-16-4-3-15(13-19(16)27-21(17)20(18)23)14-7-9-22(10-8-14)25-11-12-26-22/h5-6,14-16,18,25H,2-4,7-13H2,1H3;5-6,14-16,19H,2-4,7-13H2,1H3/t;15-,16+,19-/m.1/s1. The molecule has 6 fully saturated rings. The van der Waals surface area contributed by atoms with Crippen LogP contribution in [0.4, 0.5) is 13.2 Å². The first-order valence-electron chi connectivity index (χ1n) is 21.2. The van der Waals surface area contributed by atoms with E-state index in [4.69, 9.17) is 33.2 Å². The van der Waals surface area contributed by atoms with Crippen LogP contribution < -0.4 is 14.2 Å². The predicted octanol–water partition coefficient (Wildman–Crippen LogP) is 9.34. The molecule has 4 aliphatic carbocycles. The van der Waals surface area contributed by atoms with Crippen molar-refractivity contribution in [1.29, 1.82) is 0 Å². The molecule has 8 nitrogen and oxygen atoms in total. The average molecular weight is 773 g/mol. The largest absolute Gasteiger partial charge is 0.491 e. The Balaban J connectivity index is 0.000000155. The Morgan fingerprint density at radius 1 is 0.582 bits per heavy atom. The number of hydrogen-bond donors (Lipinski definition) is 1. The Morgan fingerprint density at radius 2 is 1.07 bits per heavy atom. The molecule has 0 amide bonds. The van der Waals surface area contributed by atoms with Gasteiger partial charge in [-0.15, -0.1) is 0 Å². The lowest BCUT2D eigenvalue weighted by atomic mass is 9.68. The number of ether oxygens (including phenoxy) is 7. The normalized spacial score (nSPS) is 32.4. The van der Waals surface area contributed by atoms with Gasteiger partial charge in [-0.25, -0.2) is 4.39 Å². The van der Waals surface area contributed by atoms with E-state index < -0.39 is 17.7 Å². The van der Waals surface area contributed by atoms with Crippen LogP contribution in [-0.2, 0) is 18.9 Å². The number of rotatable bonds is 7. The van der Waals surface area contributed by atoms with E-state index in [0.29, 0.717) is 73.8 Å². The zero-order chi connectivity index (χ0) is 38.2. The van der Waals surface area contributed by atoms with Crippen molar-refractivity contribution in [3.05, 3.63) is 52.8 Å². The number of fused-ring (bicyclic) bond motifs is 3. The van der Waals surface area contributed by atoms with Crippen molar-refractivity contribution in [1.82, 2.24) is 0 Å². The van der Waals surface area contributed by atoms with Gasteiger partial charge in [0.1, 0.15) is 6.10 Å². The molecule has 2 aromatic carbocycles. The van der Waals surface area contributed by atoms with Crippen molar-refractivity contribution < 1.29 is 51.4 Å². The minimum absolute atomic E-state index is 0.0700. The lowest BCUT2D eigenvalue weighted by Crippen LogP contribution is -2.39. The summed E-state index contributed by atoms with van der Waals surface area (Å²) in [6.45, 7) is 7.17. The maximum absolute atomic E-state index is 14.7. The SMILES string of the molecule is CCOc1ccc(C2CCC(C3CCC4(CC3)OCCO4)CC2O)c(F)c1F.CCOc1ccc2c(c1F)O[C@@H]1C[C@H](C3CCC4(CC3)OCCO4)CC[C@@H]21. The fourth-order valence-corrected chi connectivity index (χ4v) is 11.2. The van der Waals surface area contributed by atoms with Crippen LogP contribution in [0.3, 0.4) is 0 Å². The van der Waals surface area contributed by atoms with Crippen LogP contribution in [0.5, 0.6) is 17.2 Å². The smallest absolute Gasteiger partial charge is 0.207 e. The number of aliphatic hydroxyl groups excluding tert-OH is 1. The first kappa shape index (κ1) is 39.3. The molecule has 2 aromatic rings. The molecule has 7 aliphatic rings. The van der Waals surface area contributed by atoms with Crippen molar-refractivity contribution in [2.75, 3.05) is 39.6 Å². The van der Waals surface area contributed by atoms with Crippen LogP contribution in [0.25, 0.3) is 0 Å². The Hall–Kier alpha value is -2.57. The summed E-state index contributed by atoms with van der Waals surface area (Å²) in [5.74, 6) is 0.150. The Bertz CT molecular complexity index is 1610. The van der Waals surface area contributed by atoms with Crippen LogP contribution in [0.1, 0.15) is 127 Å². The van der Waals surface area contributed by atoms with Crippen LogP contribution in [0.15, 0.2) is 24.3 Å². The Morgan fingerprint density at radius 3 is 1.60 bits per heavy atom. The van der Waals surface area contributed by atoms with Gasteiger partial charge >= 0.3 is 0 Å². The quantitative estimate of drug-likeness (QED) is 0.298. The highest BCUT2D eigenvalue weighted by Crippen LogP contribution is 2.53. The molecule has 0 radical (unpaired) electrons. The van der Waals surface area contributed by atoms with Crippen molar-refractivity contribution in [2.24, 2.45) is 23.7 Å². The zero-order valence-corrected chi connectivity index (χ0v) is 32.5. The first-order chi connectivity index (χ1) is 26.7. The number of aliphatic hydroxyl groups is 1. The van der Waals surface area contributed by atoms with Crippen LogP contribution in [-0.4, -0.2) is 68.5 Å². The van der Waals surface area contributed by atoms with E-state index in [1.807, 2.05) is 13.0 Å². The van der Waals surface area contributed by atoms with E-state index in [2.05, 4.69) is 0 Å². The van der Waals surface area contributed by atoms with Gasteiger partial charge in [-0.05, 0) is 119 Å². The van der Waals surface area contributed by atoms with Crippen LogP contribution >= 0.6 is 0 Å². The summed E-state index contributed by atoms with van der Waals surface area (Å²) < 4.78 is 83.6. The molecule has 1 N–H and O–H groups in total. The number of halogens is 3. The Labute approximate surface area is 323 Å². The van der Waals surface area contributed by atoms with Gasteiger partial charge in [-0.3, -0.25) is 0 Å². The minimum atomic E-state index is -0.956. The molecule has 55 heavy (non-hydrogen) atoms. The highest BCUT2D eigenvalue weighted by Gasteiger charge is 2.47. The van der Waals surface area contributed by atoms with Gasteiger partial charge in [0.2, 0.25) is 11.6 Å². The first-order valence-corrected chi connectivity index (χ1v) is 21.2. The fourth-order valence-electron chi connectivity index (χ4n) is 11.2. The topological polar surface area (TPSA) is 84.8 Å². The third-order valence-corrected chi connectivity index (χ3v) is 14.1. The molecule has 11 heteroatoms. The van der Waals surface area contributed by atoms with Crippen LogP contribution in [0.2, 0.25) is 0 Å². The van der Waals surface area contributed by atoms with Gasteiger partial charge in [0, 0.05) is 43.1 Å². The molecule has 6 atom stereocenters. The summed E-state index contributed by atoms with van der Waals surface area (Å²) in [4.78, 5) is 0. The highest BCUT2D eigenvalue weighted by atomic mass is 19.2. The van der Waals surface area contributed by atoms with Crippen molar-refractivity contribution >= 4 is 0 Å². The van der Waals surface area contributed by atoms with Gasteiger partial charge in [0.05, 0.1) is 45.7 Å². The summed E-state index contributed by atoms with van der Waals surface area (Å²) in [5, 5.41) is 10.7. The van der Waals surface area contributed by atoms with E-state index in [1.54, 1.807) is 19.1 Å². The highest BCUT2D eigenvalue weighted by molar-refractivity contribution is 5.48. The molecule has 9 rings (SSSR count). The third kappa shape index (κ3) is 7.99. The van der Waals surface area contributed by atoms with E-state index in [-0.39, 0.29) is 47.3 Å². The second-order valence-electron chi connectivity index (χ2n) is 16.9. The fraction of sp³-hybridized carbons (Fsp3) is 0.727. The molecule has 2 saturated heterocycles. The van der Waals surface area contributed by atoms with Crippen LogP contribution in [0, 0.1) is 41.1 Å². The summed E-state index contributed by atoms with van der Waals surface area (Å²) in [7, 11) is 0. The summed E-state index contributed by atoms with van der Waals surface area (Å²) in [6.07, 6.45) is 13.3. The lowest BCUT2D eigenvalue weighted by Gasteiger charge is -2.42. The minimum Gasteiger partial charge on any atom is -0.491 e. The third-order valence-electron chi connectivity index (χ3n) is 14.1. The Kier molecular flexibility index (Phi) is 11.9. The van der Waals surface area contributed by atoms with E-state index in [1.165, 1.54) is 12.5 Å². The van der Waals surface area contributed by atoms with Gasteiger partial charge in [-0.2, -0.15) is 8.78 Å². The second kappa shape index (κ2) is 16.7.